The summed E-state index contributed by atoms with van der Waals surface area (Å²) in [6, 6.07) is 0. The van der Waals surface area contributed by atoms with E-state index in [9.17, 15) is 189 Å². The Morgan fingerprint density at radius 3 is 0.431 bits per heavy atom. The SMILES string of the molecule is OC(F)(F)C(F)(F)OC(F)(F)C(F)(F)OC(F)(F)C(F)(F)OC(F)(F)C(F)(F)OC(F)(F)C(F)(F)OC(F)(F)C(F)(F)OC(F)(F)C(F)(F)OC(F)(F)C(F)(F)C(F)(F)C(F)(F)C(F)(F)C(F)(F)C(F)(F)F. The molecule has 0 radical (unpaired) electrons. The molecule has 0 fully saturated rings. The van der Waals surface area contributed by atoms with E-state index in [0.717, 1.165) is 28.4 Å². The number of ether oxygens (including phenoxy) is 7. The molecule has 0 aromatic heterocycles. The van der Waals surface area contributed by atoms with Crippen molar-refractivity contribution in [2.24, 2.45) is 0 Å². The molecule has 72 heavy (non-hydrogen) atoms. The van der Waals surface area contributed by atoms with Crippen molar-refractivity contribution in [3.05, 3.63) is 0 Å². The van der Waals surface area contributed by atoms with Gasteiger partial charge in [0.25, 0.3) is 0 Å². The lowest BCUT2D eigenvalue weighted by Gasteiger charge is -2.42. The molecule has 0 unspecified atom stereocenters. The highest BCUT2D eigenvalue weighted by Gasteiger charge is 2.95. The molecule has 0 aromatic carbocycles. The predicted octanol–water partition coefficient (Wildman–Crippen LogP) is 12.7. The molecule has 0 spiro atoms. The number of aliphatic hydroxyl groups is 1. The quantitative estimate of drug-likeness (QED) is 0.0858. The van der Waals surface area contributed by atoms with Crippen LogP contribution in [0.15, 0.2) is 0 Å². The summed E-state index contributed by atoms with van der Waals surface area (Å²) in [5.41, 5.74) is 0. The number of hydrogen-bond donors (Lipinski definition) is 1. The van der Waals surface area contributed by atoms with Crippen LogP contribution in [0.3, 0.4) is 0 Å². The standard InChI is InChI=1S/C21HF43O8/c22-1(23,2(24,25)4(28,29)6(32,33)34)3(26,27)5(30,31)8(37,38)66-10(41,42)12(45,46)68-14(49,50)16(53,54)70-18(57,58)20(61,62)72-21(63,64)19(59,60)71-17(55,56)15(51,52)69-13(47,48)11(43,44)67-9(39,40)7(35,36)65/h65H. The van der Waals surface area contributed by atoms with Crippen molar-refractivity contribution in [2.75, 3.05) is 0 Å². The highest BCUT2D eigenvalue weighted by molar-refractivity contribution is 5.12. The van der Waals surface area contributed by atoms with Crippen molar-refractivity contribution in [1.29, 1.82) is 0 Å². The highest BCUT2D eigenvalue weighted by atomic mass is 19.4. The molecule has 0 bridgehead atoms. The summed E-state index contributed by atoms with van der Waals surface area (Å²) in [6.45, 7) is 0. The molecule has 8 nitrogen and oxygen atoms in total. The smallest absolute Gasteiger partial charge is 0.329 e. The molecular formula is C21HF43O8. The van der Waals surface area contributed by atoms with Crippen molar-refractivity contribution >= 4 is 0 Å². The second kappa shape index (κ2) is 17.9. The Labute approximate surface area is 356 Å². The van der Waals surface area contributed by atoms with Crippen LogP contribution in [0, 0.1) is 0 Å². The Morgan fingerprint density at radius 1 is 0.153 bits per heavy atom. The van der Waals surface area contributed by atoms with Gasteiger partial charge in [0, 0.05) is 0 Å². The van der Waals surface area contributed by atoms with Gasteiger partial charge in [-0.25, -0.2) is 33.2 Å². The number of halogens is 43. The summed E-state index contributed by atoms with van der Waals surface area (Å²) in [4.78, 5) is 0. The summed E-state index contributed by atoms with van der Waals surface area (Å²) in [6.07, 6.45) is -136. The zero-order chi connectivity index (χ0) is 59.4. The third kappa shape index (κ3) is 11.9. The van der Waals surface area contributed by atoms with E-state index in [1.54, 1.807) is 0 Å². The van der Waals surface area contributed by atoms with Gasteiger partial charge in [-0.3, -0.25) is 0 Å². The van der Waals surface area contributed by atoms with Crippen LogP contribution in [0.2, 0.25) is 0 Å². The maximum absolute atomic E-state index is 13.6. The van der Waals surface area contributed by atoms with Crippen LogP contribution in [0.25, 0.3) is 0 Å². The molecule has 0 atom stereocenters. The minimum absolute atomic E-state index is 0.647. The predicted molar refractivity (Wildman–Crippen MR) is 115 cm³/mol. The second-order valence-corrected chi connectivity index (χ2v) is 11.9. The molecule has 0 aliphatic heterocycles. The normalized spacial score (nSPS) is 17.0. The number of hydrogen-bond acceptors (Lipinski definition) is 8. The van der Waals surface area contributed by atoms with Crippen LogP contribution >= 0.6 is 0 Å². The van der Waals surface area contributed by atoms with E-state index in [4.69, 9.17) is 5.11 Å². The Bertz CT molecular complexity index is 1880. The van der Waals surface area contributed by atoms with Gasteiger partial charge in [-0.15, -0.1) is 0 Å². The lowest BCUT2D eigenvalue weighted by atomic mass is 9.93. The fraction of sp³-hybridized carbons (Fsp3) is 1.00. The van der Waals surface area contributed by atoms with Crippen molar-refractivity contribution in [2.45, 2.75) is 127 Å². The molecule has 0 saturated carbocycles. The summed E-state index contributed by atoms with van der Waals surface area (Å²) in [7, 11) is 0. The largest absolute Gasteiger partial charge is 0.460 e. The molecule has 0 heterocycles. The van der Waals surface area contributed by atoms with E-state index < -0.39 is 127 Å². The van der Waals surface area contributed by atoms with Crippen LogP contribution in [0.1, 0.15) is 0 Å². The van der Waals surface area contributed by atoms with E-state index >= 15 is 0 Å². The van der Waals surface area contributed by atoms with Gasteiger partial charge in [0.05, 0.1) is 0 Å². The Morgan fingerprint density at radius 2 is 0.278 bits per heavy atom. The van der Waals surface area contributed by atoms with Gasteiger partial charge in [0.15, 0.2) is 0 Å². The summed E-state index contributed by atoms with van der Waals surface area (Å²) in [5.74, 6) is -46.7. The summed E-state index contributed by atoms with van der Waals surface area (Å²) < 4.78 is 576. The van der Waals surface area contributed by atoms with Gasteiger partial charge in [0.2, 0.25) is 0 Å². The molecule has 0 aromatic rings. The summed E-state index contributed by atoms with van der Waals surface area (Å²) in [5, 5.41) is 7.52. The van der Waals surface area contributed by atoms with Gasteiger partial charge in [0.1, 0.15) is 0 Å². The first-order valence-electron chi connectivity index (χ1n) is 14.5. The molecule has 434 valence electrons. The van der Waals surface area contributed by atoms with Gasteiger partial charge in [-0.05, 0) is 0 Å². The monoisotopic (exact) mass is 1200 g/mol. The lowest BCUT2D eigenvalue weighted by molar-refractivity contribution is -0.600. The van der Waals surface area contributed by atoms with Gasteiger partial charge >= 0.3 is 127 Å². The highest BCUT2D eigenvalue weighted by Crippen LogP contribution is 2.64. The molecule has 0 aliphatic carbocycles. The molecule has 51 heteroatoms. The molecule has 1 N–H and O–H groups in total. The van der Waals surface area contributed by atoms with Crippen LogP contribution < -0.4 is 0 Å². The van der Waals surface area contributed by atoms with E-state index in [1.165, 1.54) is 0 Å². The Hall–Kier alpha value is -3.33. The van der Waals surface area contributed by atoms with Crippen molar-refractivity contribution in [1.82, 2.24) is 0 Å². The summed E-state index contributed by atoms with van der Waals surface area (Å²) >= 11 is 0. The first-order chi connectivity index (χ1) is 30.2. The first-order valence-corrected chi connectivity index (χ1v) is 14.5. The third-order valence-electron chi connectivity index (χ3n) is 6.48. The van der Waals surface area contributed by atoms with Crippen molar-refractivity contribution in [3.8, 4) is 0 Å². The Kier molecular flexibility index (Phi) is 17.1. The topological polar surface area (TPSA) is 84.8 Å². The van der Waals surface area contributed by atoms with E-state index in [0.29, 0.717) is 4.74 Å². The average Bonchev–Trinajstić information content (AvgIpc) is 3.03. The average molecular weight is 1200 g/mol. The number of alkyl halides is 43. The fourth-order valence-electron chi connectivity index (χ4n) is 2.92. The van der Waals surface area contributed by atoms with Crippen LogP contribution in [0.5, 0.6) is 0 Å². The fourth-order valence-corrected chi connectivity index (χ4v) is 2.92. The van der Waals surface area contributed by atoms with E-state index in [-0.39, 0.29) is 0 Å². The maximum Gasteiger partial charge on any atom is 0.460 e. The van der Waals surface area contributed by atoms with Crippen LogP contribution in [-0.2, 0) is 33.2 Å². The van der Waals surface area contributed by atoms with E-state index in [2.05, 4.69) is 0 Å². The Balaban J connectivity index is 6.79. The third-order valence-corrected chi connectivity index (χ3v) is 6.48. The molecule has 0 amide bonds. The van der Waals surface area contributed by atoms with Gasteiger partial charge in [-0.2, -0.15) is 189 Å². The zero-order valence-electron chi connectivity index (χ0n) is 30.1. The minimum Gasteiger partial charge on any atom is -0.329 e. The molecule has 0 rings (SSSR count). The maximum atomic E-state index is 13.6. The van der Waals surface area contributed by atoms with E-state index in [1.807, 2.05) is 0 Å². The van der Waals surface area contributed by atoms with Crippen LogP contribution in [0.4, 0.5) is 189 Å². The number of rotatable bonds is 26. The molecule has 0 aliphatic rings. The zero-order valence-corrected chi connectivity index (χ0v) is 30.1. The molecular weight excluding hydrogens is 1200 g/mol. The van der Waals surface area contributed by atoms with Gasteiger partial charge < -0.3 is 5.11 Å². The first kappa shape index (κ1) is 68.7. The van der Waals surface area contributed by atoms with Crippen molar-refractivity contribution < 1.29 is 227 Å². The lowest BCUT2D eigenvalue weighted by Crippen LogP contribution is -2.73. The van der Waals surface area contributed by atoms with Crippen LogP contribution in [-0.4, -0.2) is 133 Å². The minimum atomic E-state index is -9.59. The second-order valence-electron chi connectivity index (χ2n) is 11.9. The van der Waals surface area contributed by atoms with Gasteiger partial charge in [-0.1, -0.05) is 0 Å². The van der Waals surface area contributed by atoms with Crippen molar-refractivity contribution in [3.63, 3.8) is 0 Å². The molecule has 0 saturated heterocycles.